The molecule has 0 saturated carbocycles. The molecule has 0 spiro atoms. The van der Waals surface area contributed by atoms with Crippen molar-refractivity contribution in [3.63, 3.8) is 0 Å². The van der Waals surface area contributed by atoms with Crippen LogP contribution >= 0.6 is 0 Å². The van der Waals surface area contributed by atoms with E-state index >= 15 is 0 Å². The molecule has 9 heavy (non-hydrogen) atoms. The van der Waals surface area contributed by atoms with Gasteiger partial charge in [-0.05, 0) is 6.92 Å². The van der Waals surface area contributed by atoms with Crippen molar-refractivity contribution in [3.8, 4) is 0 Å². The smallest absolute Gasteiger partial charge is 0.310 e. The zero-order valence-corrected chi connectivity index (χ0v) is 5.92. The Morgan fingerprint density at radius 2 is 1.89 bits per heavy atom. The van der Waals surface area contributed by atoms with Gasteiger partial charge >= 0.3 is 5.97 Å². The number of carbonyl (C=O) groups is 1. The van der Waals surface area contributed by atoms with Crippen molar-refractivity contribution >= 4 is 5.97 Å². The van der Waals surface area contributed by atoms with E-state index in [4.69, 9.17) is 5.11 Å². The zero-order valence-electron chi connectivity index (χ0n) is 5.92. The van der Waals surface area contributed by atoms with Gasteiger partial charge in [-0.2, -0.15) is 0 Å². The molecule has 0 aliphatic heterocycles. The quantitative estimate of drug-likeness (QED) is 0.440. The maximum atomic E-state index is 10.6. The van der Waals surface area contributed by atoms with Crippen LogP contribution in [0.3, 0.4) is 0 Å². The molecule has 54 valence electrons. The fourth-order valence-electron chi connectivity index (χ4n) is 0.304. The Balaban J connectivity index is 3.51. The highest BCUT2D eigenvalue weighted by Crippen LogP contribution is 1.97. The van der Waals surface area contributed by atoms with Crippen molar-refractivity contribution in [1.29, 1.82) is 0 Å². The molecule has 0 heterocycles. The van der Waals surface area contributed by atoms with E-state index in [-0.39, 0.29) is 11.9 Å². The van der Waals surface area contributed by atoms with Gasteiger partial charge in [-0.3, -0.25) is 4.79 Å². The van der Waals surface area contributed by atoms with Crippen molar-refractivity contribution < 1.29 is 14.6 Å². The highest BCUT2D eigenvalue weighted by molar-refractivity contribution is 5.71. The normalized spacial score (nSPS) is 13.4. The van der Waals surface area contributed by atoms with Crippen molar-refractivity contribution in [3.05, 3.63) is 0 Å². The van der Waals surface area contributed by atoms with Gasteiger partial charge in [0.2, 0.25) is 0 Å². The molecule has 0 rings (SSSR count). The first-order valence-corrected chi connectivity index (χ1v) is 2.92. The molecule has 0 aromatic carbocycles. The van der Waals surface area contributed by atoms with Crippen LogP contribution in [0.25, 0.3) is 0 Å². The lowest BCUT2D eigenvalue weighted by Gasteiger charge is -2.07. The zero-order chi connectivity index (χ0) is 7.44. The lowest BCUT2D eigenvalue weighted by atomic mass is 10.2. The lowest BCUT2D eigenvalue weighted by molar-refractivity contribution is -0.168. The van der Waals surface area contributed by atoms with Gasteiger partial charge in [-0.1, -0.05) is 13.8 Å². The van der Waals surface area contributed by atoms with Crippen molar-refractivity contribution in [1.82, 2.24) is 0 Å². The molecule has 0 fully saturated rings. The summed E-state index contributed by atoms with van der Waals surface area (Å²) in [5.74, 6) is -0.537. The summed E-state index contributed by atoms with van der Waals surface area (Å²) in [6.45, 7) is 4.83. The molecule has 1 unspecified atom stereocenters. The predicted octanol–water partition coefficient (Wildman–Crippen LogP) is 0.524. The van der Waals surface area contributed by atoms with Crippen molar-refractivity contribution in [2.24, 2.45) is 5.92 Å². The van der Waals surface area contributed by atoms with Crippen LogP contribution in [0.15, 0.2) is 0 Å². The van der Waals surface area contributed by atoms with Gasteiger partial charge in [0.05, 0.1) is 5.92 Å². The number of hydrogen-bond donors (Lipinski definition) is 1. The molecule has 0 aliphatic carbocycles. The van der Waals surface area contributed by atoms with Crippen LogP contribution in [0.5, 0.6) is 0 Å². The number of aliphatic hydroxyl groups is 1. The van der Waals surface area contributed by atoms with E-state index in [0.717, 1.165) is 0 Å². The van der Waals surface area contributed by atoms with Gasteiger partial charge in [0.1, 0.15) is 0 Å². The largest absolute Gasteiger partial charge is 0.436 e. The third-order valence-corrected chi connectivity index (χ3v) is 0.758. The molecule has 0 amide bonds. The van der Waals surface area contributed by atoms with E-state index in [1.807, 2.05) is 0 Å². The molecular weight excluding hydrogens is 120 g/mol. The number of hydrogen-bond acceptors (Lipinski definition) is 3. The molecule has 0 bridgehead atoms. The van der Waals surface area contributed by atoms with E-state index < -0.39 is 6.29 Å². The van der Waals surface area contributed by atoms with Gasteiger partial charge in [-0.15, -0.1) is 0 Å². The minimum Gasteiger partial charge on any atom is -0.436 e. The van der Waals surface area contributed by atoms with Crippen molar-refractivity contribution in [2.45, 2.75) is 27.1 Å². The summed E-state index contributed by atoms with van der Waals surface area (Å²) in [5.41, 5.74) is 0. The summed E-state index contributed by atoms with van der Waals surface area (Å²) in [6.07, 6.45) is -0.986. The standard InChI is InChI=1S/C6H12O3/c1-4(2)6(8)9-5(3)7/h4-5,7H,1-3H3. The van der Waals surface area contributed by atoms with E-state index in [1.54, 1.807) is 13.8 Å². The van der Waals surface area contributed by atoms with Crippen LogP contribution in [0.4, 0.5) is 0 Å². The topological polar surface area (TPSA) is 46.5 Å². The van der Waals surface area contributed by atoms with E-state index in [0.29, 0.717) is 0 Å². The van der Waals surface area contributed by atoms with Gasteiger partial charge < -0.3 is 9.84 Å². The molecule has 0 aliphatic rings. The van der Waals surface area contributed by atoms with Gasteiger partial charge in [0, 0.05) is 0 Å². The van der Waals surface area contributed by atoms with Gasteiger partial charge in [0.15, 0.2) is 6.29 Å². The van der Waals surface area contributed by atoms with Crippen LogP contribution in [-0.4, -0.2) is 17.4 Å². The lowest BCUT2D eigenvalue weighted by Crippen LogP contribution is -2.18. The third-order valence-electron chi connectivity index (χ3n) is 0.758. The number of carbonyl (C=O) groups excluding carboxylic acids is 1. The molecule has 0 aromatic rings. The molecule has 0 radical (unpaired) electrons. The Morgan fingerprint density at radius 3 is 2.00 bits per heavy atom. The second-order valence-electron chi connectivity index (χ2n) is 2.19. The monoisotopic (exact) mass is 132 g/mol. The summed E-state index contributed by atoms with van der Waals surface area (Å²) < 4.78 is 4.43. The molecule has 0 saturated heterocycles. The first-order chi connectivity index (χ1) is 4.04. The number of esters is 1. The summed E-state index contributed by atoms with van der Waals surface area (Å²) >= 11 is 0. The Bertz CT molecular complexity index is 96.5. The van der Waals surface area contributed by atoms with Crippen LogP contribution in [0.1, 0.15) is 20.8 Å². The molecule has 3 heteroatoms. The minimum atomic E-state index is -0.986. The molecular formula is C6H12O3. The Morgan fingerprint density at radius 1 is 1.44 bits per heavy atom. The second kappa shape index (κ2) is 3.45. The van der Waals surface area contributed by atoms with Crippen LogP contribution < -0.4 is 0 Å². The number of rotatable bonds is 2. The summed E-state index contributed by atoms with van der Waals surface area (Å²) in [5, 5.41) is 8.53. The maximum absolute atomic E-state index is 10.6. The molecule has 0 aromatic heterocycles. The first kappa shape index (κ1) is 8.43. The van der Waals surface area contributed by atoms with Crippen LogP contribution in [-0.2, 0) is 9.53 Å². The minimum absolute atomic E-state index is 0.167. The predicted molar refractivity (Wildman–Crippen MR) is 32.6 cm³/mol. The Hall–Kier alpha value is -0.570. The summed E-state index contributed by atoms with van der Waals surface area (Å²) in [6, 6.07) is 0. The summed E-state index contributed by atoms with van der Waals surface area (Å²) in [7, 11) is 0. The average Bonchev–Trinajstić information content (AvgIpc) is 1.63. The van der Waals surface area contributed by atoms with E-state index in [1.165, 1.54) is 6.92 Å². The van der Waals surface area contributed by atoms with Gasteiger partial charge in [-0.25, -0.2) is 0 Å². The van der Waals surface area contributed by atoms with Crippen LogP contribution in [0, 0.1) is 5.92 Å². The SMILES string of the molecule is CC(O)OC(=O)C(C)C. The van der Waals surface area contributed by atoms with Crippen LogP contribution in [0.2, 0.25) is 0 Å². The molecule has 3 nitrogen and oxygen atoms in total. The fourth-order valence-corrected chi connectivity index (χ4v) is 0.304. The van der Waals surface area contributed by atoms with E-state index in [2.05, 4.69) is 4.74 Å². The molecule has 1 N–H and O–H groups in total. The third kappa shape index (κ3) is 3.97. The summed E-state index contributed by atoms with van der Waals surface area (Å²) in [4.78, 5) is 10.6. The molecule has 1 atom stereocenters. The Kier molecular flexibility index (Phi) is 3.24. The second-order valence-corrected chi connectivity index (χ2v) is 2.19. The average molecular weight is 132 g/mol. The highest BCUT2D eigenvalue weighted by atomic mass is 16.6. The maximum Gasteiger partial charge on any atom is 0.310 e. The Labute approximate surface area is 54.6 Å². The van der Waals surface area contributed by atoms with Crippen molar-refractivity contribution in [2.75, 3.05) is 0 Å². The fraction of sp³-hybridized carbons (Fsp3) is 0.833. The number of ether oxygens (including phenoxy) is 1. The number of aliphatic hydroxyl groups excluding tert-OH is 1. The highest BCUT2D eigenvalue weighted by Gasteiger charge is 2.09. The van der Waals surface area contributed by atoms with E-state index in [9.17, 15) is 4.79 Å². The first-order valence-electron chi connectivity index (χ1n) is 2.92. The van der Waals surface area contributed by atoms with Gasteiger partial charge in [0.25, 0.3) is 0 Å².